The van der Waals surface area contributed by atoms with Gasteiger partial charge < -0.3 is 9.80 Å². The lowest BCUT2D eigenvalue weighted by molar-refractivity contribution is -0.384. The molecule has 0 atom stereocenters. The van der Waals surface area contributed by atoms with E-state index in [2.05, 4.69) is 0 Å². The number of carbonyl (C=O) groups is 4. The number of imide groups is 1. The Bertz CT molecular complexity index is 907. The molecule has 1 fully saturated rings. The Balaban J connectivity index is 1.47. The number of fused-ring (bicyclic) bond motifs is 1. The molecule has 10 nitrogen and oxygen atoms in total. The van der Waals surface area contributed by atoms with Gasteiger partial charge in [-0.25, -0.2) is 0 Å². The van der Waals surface area contributed by atoms with Crippen molar-refractivity contribution in [2.45, 2.75) is 39.0 Å². The van der Waals surface area contributed by atoms with Gasteiger partial charge in [0.2, 0.25) is 11.8 Å². The smallest absolute Gasteiger partial charge is 0.270 e. The standard InChI is InChI=1S/C21H26N4O6/c1-2-3-5-18(26)22-10-12-23(13-11-22)19(27)6-4-9-24-20(28)16-8-7-15(25(30)31)14-17(16)21(24)29/h7-8,14H,2-6,9-13H2,1H3. The molecule has 1 saturated heterocycles. The van der Waals surface area contributed by atoms with Crippen LogP contribution in [0, 0.1) is 10.1 Å². The summed E-state index contributed by atoms with van der Waals surface area (Å²) in [5.41, 5.74) is -0.0792. The molecule has 4 amide bonds. The largest absolute Gasteiger partial charge is 0.339 e. The molecule has 0 N–H and O–H groups in total. The number of nitro groups is 1. The number of carbonyl (C=O) groups excluding carboxylic acids is 4. The number of hydrogen-bond donors (Lipinski definition) is 0. The third-order valence-corrected chi connectivity index (χ3v) is 5.67. The fourth-order valence-electron chi connectivity index (χ4n) is 3.83. The van der Waals surface area contributed by atoms with Crippen molar-refractivity contribution >= 4 is 29.3 Å². The maximum absolute atomic E-state index is 12.5. The topological polar surface area (TPSA) is 121 Å². The second-order valence-electron chi connectivity index (χ2n) is 7.72. The zero-order valence-electron chi connectivity index (χ0n) is 17.5. The molecule has 2 aliphatic heterocycles. The average Bonchev–Trinajstić information content (AvgIpc) is 3.01. The first-order chi connectivity index (χ1) is 14.8. The second-order valence-corrected chi connectivity index (χ2v) is 7.72. The minimum atomic E-state index is -0.615. The highest BCUT2D eigenvalue weighted by Gasteiger charge is 2.36. The fourth-order valence-corrected chi connectivity index (χ4v) is 3.83. The number of nitro benzene ring substituents is 1. The van der Waals surface area contributed by atoms with Gasteiger partial charge in [-0.15, -0.1) is 0 Å². The van der Waals surface area contributed by atoms with Crippen LogP contribution >= 0.6 is 0 Å². The van der Waals surface area contributed by atoms with Crippen molar-refractivity contribution < 1.29 is 24.1 Å². The van der Waals surface area contributed by atoms with Gasteiger partial charge in [0.05, 0.1) is 16.1 Å². The van der Waals surface area contributed by atoms with Crippen LogP contribution in [0.3, 0.4) is 0 Å². The summed E-state index contributed by atoms with van der Waals surface area (Å²) in [6.45, 7) is 4.11. The highest BCUT2D eigenvalue weighted by Crippen LogP contribution is 2.27. The van der Waals surface area contributed by atoms with Gasteiger partial charge >= 0.3 is 0 Å². The lowest BCUT2D eigenvalue weighted by Crippen LogP contribution is -2.50. The van der Waals surface area contributed by atoms with Crippen molar-refractivity contribution in [3.63, 3.8) is 0 Å². The van der Waals surface area contributed by atoms with Gasteiger partial charge in [-0.2, -0.15) is 0 Å². The third kappa shape index (κ3) is 4.89. The number of hydrogen-bond acceptors (Lipinski definition) is 6. The molecule has 2 aliphatic rings. The predicted molar refractivity (Wildman–Crippen MR) is 110 cm³/mol. The van der Waals surface area contributed by atoms with Crippen molar-refractivity contribution in [1.29, 1.82) is 0 Å². The number of nitrogens with zero attached hydrogens (tertiary/aromatic N) is 4. The molecule has 166 valence electrons. The lowest BCUT2D eigenvalue weighted by Gasteiger charge is -2.35. The van der Waals surface area contributed by atoms with E-state index in [0.29, 0.717) is 39.0 Å². The van der Waals surface area contributed by atoms with E-state index in [0.717, 1.165) is 23.8 Å². The maximum atomic E-state index is 12.5. The van der Waals surface area contributed by atoms with Crippen LogP contribution in [0.4, 0.5) is 5.69 Å². The minimum absolute atomic E-state index is 0.0226. The first kappa shape index (κ1) is 22.4. The molecular formula is C21H26N4O6. The van der Waals surface area contributed by atoms with Gasteiger partial charge in [0.15, 0.2) is 0 Å². The molecule has 0 aromatic heterocycles. The molecule has 0 spiro atoms. The summed E-state index contributed by atoms with van der Waals surface area (Å²) in [5.74, 6) is -1.02. The summed E-state index contributed by atoms with van der Waals surface area (Å²) < 4.78 is 0. The Hall–Kier alpha value is -3.30. The average molecular weight is 430 g/mol. The third-order valence-electron chi connectivity index (χ3n) is 5.67. The molecule has 0 radical (unpaired) electrons. The highest BCUT2D eigenvalue weighted by atomic mass is 16.6. The predicted octanol–water partition coefficient (Wildman–Crippen LogP) is 1.83. The molecule has 0 bridgehead atoms. The first-order valence-corrected chi connectivity index (χ1v) is 10.5. The molecule has 0 aliphatic carbocycles. The van der Waals surface area contributed by atoms with Gasteiger partial charge in [0.1, 0.15) is 0 Å². The zero-order valence-corrected chi connectivity index (χ0v) is 17.5. The summed E-state index contributed by atoms with van der Waals surface area (Å²) >= 11 is 0. The van der Waals surface area contributed by atoms with E-state index in [1.807, 2.05) is 6.92 Å². The summed E-state index contributed by atoms with van der Waals surface area (Å²) in [5, 5.41) is 10.9. The molecule has 2 heterocycles. The highest BCUT2D eigenvalue weighted by molar-refractivity contribution is 6.21. The number of amides is 4. The molecule has 1 aromatic carbocycles. The Morgan fingerprint density at radius 3 is 2.03 bits per heavy atom. The van der Waals surface area contributed by atoms with Crippen molar-refractivity contribution in [1.82, 2.24) is 14.7 Å². The molecule has 31 heavy (non-hydrogen) atoms. The van der Waals surface area contributed by atoms with Crippen LogP contribution in [0.5, 0.6) is 0 Å². The Kier molecular flexibility index (Phi) is 6.98. The van der Waals surface area contributed by atoms with Gasteiger partial charge in [-0.3, -0.25) is 34.2 Å². The number of unbranched alkanes of at least 4 members (excludes halogenated alkanes) is 1. The van der Waals surface area contributed by atoms with E-state index in [9.17, 15) is 29.3 Å². The quantitative estimate of drug-likeness (QED) is 0.352. The monoisotopic (exact) mass is 430 g/mol. The maximum Gasteiger partial charge on any atom is 0.270 e. The molecule has 1 aromatic rings. The van der Waals surface area contributed by atoms with Crippen LogP contribution in [0.25, 0.3) is 0 Å². The van der Waals surface area contributed by atoms with Crippen molar-refractivity contribution in [2.75, 3.05) is 32.7 Å². The van der Waals surface area contributed by atoms with E-state index in [-0.39, 0.29) is 41.6 Å². The summed E-state index contributed by atoms with van der Waals surface area (Å²) in [6, 6.07) is 3.60. The van der Waals surface area contributed by atoms with E-state index in [1.54, 1.807) is 9.80 Å². The Morgan fingerprint density at radius 2 is 1.48 bits per heavy atom. The molecule has 0 unspecified atom stereocenters. The molecule has 0 saturated carbocycles. The number of rotatable bonds is 8. The van der Waals surface area contributed by atoms with Gasteiger partial charge in [0.25, 0.3) is 17.5 Å². The van der Waals surface area contributed by atoms with Crippen LogP contribution in [0.15, 0.2) is 18.2 Å². The molecule has 10 heteroatoms. The summed E-state index contributed by atoms with van der Waals surface area (Å²) in [4.78, 5) is 64.3. The van der Waals surface area contributed by atoms with Crippen LogP contribution < -0.4 is 0 Å². The van der Waals surface area contributed by atoms with E-state index in [1.165, 1.54) is 12.1 Å². The van der Waals surface area contributed by atoms with Crippen molar-refractivity contribution in [2.24, 2.45) is 0 Å². The first-order valence-electron chi connectivity index (χ1n) is 10.5. The second kappa shape index (κ2) is 9.67. The van der Waals surface area contributed by atoms with E-state index >= 15 is 0 Å². The number of piperazine rings is 1. The van der Waals surface area contributed by atoms with E-state index < -0.39 is 16.7 Å². The van der Waals surface area contributed by atoms with Gasteiger partial charge in [-0.1, -0.05) is 13.3 Å². The normalized spacial score (nSPS) is 16.0. The van der Waals surface area contributed by atoms with Crippen molar-refractivity contribution in [3.05, 3.63) is 39.4 Å². The van der Waals surface area contributed by atoms with Crippen molar-refractivity contribution in [3.8, 4) is 0 Å². The fraction of sp³-hybridized carbons (Fsp3) is 0.524. The van der Waals surface area contributed by atoms with Crippen LogP contribution in [0.2, 0.25) is 0 Å². The number of non-ortho nitro benzene ring substituents is 1. The van der Waals surface area contributed by atoms with E-state index in [4.69, 9.17) is 0 Å². The number of benzene rings is 1. The Labute approximate surface area is 179 Å². The van der Waals surface area contributed by atoms with Gasteiger partial charge in [0, 0.05) is 57.7 Å². The Morgan fingerprint density at radius 1 is 0.935 bits per heavy atom. The minimum Gasteiger partial charge on any atom is -0.339 e. The van der Waals surface area contributed by atoms with Crippen LogP contribution in [-0.2, 0) is 9.59 Å². The lowest BCUT2D eigenvalue weighted by atomic mass is 10.1. The van der Waals surface area contributed by atoms with Crippen LogP contribution in [-0.4, -0.2) is 76.0 Å². The SMILES string of the molecule is CCCCC(=O)N1CCN(C(=O)CCCN2C(=O)c3ccc([N+](=O)[O-])cc3C2=O)CC1. The van der Waals surface area contributed by atoms with Gasteiger partial charge in [-0.05, 0) is 18.9 Å². The molecule has 3 rings (SSSR count). The summed E-state index contributed by atoms with van der Waals surface area (Å²) in [7, 11) is 0. The summed E-state index contributed by atoms with van der Waals surface area (Å²) in [6.07, 6.45) is 2.85. The zero-order chi connectivity index (χ0) is 22.5. The van der Waals surface area contributed by atoms with Crippen LogP contribution in [0.1, 0.15) is 59.7 Å². The molecular weight excluding hydrogens is 404 g/mol.